The average Bonchev–Trinajstić information content (AvgIpc) is 2.46. The van der Waals surface area contributed by atoms with Gasteiger partial charge in [0, 0.05) is 21.1 Å². The maximum atomic E-state index is 11.1. The maximum Gasteiger partial charge on any atom is 0.261 e. The molecular weight excluding hydrogens is 242 g/mol. The zero-order valence-electron chi connectivity index (χ0n) is 7.31. The molecule has 0 amide bonds. The lowest BCUT2D eigenvalue weighted by Gasteiger charge is -2.06. The van der Waals surface area contributed by atoms with Gasteiger partial charge in [0.1, 0.15) is 0 Å². The van der Waals surface area contributed by atoms with E-state index in [0.29, 0.717) is 0 Å². The quantitative estimate of drug-likeness (QED) is 0.613. The summed E-state index contributed by atoms with van der Waals surface area (Å²) in [7, 11) is 1.17. The summed E-state index contributed by atoms with van der Waals surface area (Å²) >= 11 is 0. The zero-order chi connectivity index (χ0) is 10.3. The van der Waals surface area contributed by atoms with Crippen molar-refractivity contribution in [3.8, 4) is 0 Å². The minimum atomic E-state index is -3.62. The number of aliphatic imine (C=N–C) groups is 1. The second kappa shape index (κ2) is 3.25. The summed E-state index contributed by atoms with van der Waals surface area (Å²) in [6.45, 7) is 0. The van der Waals surface area contributed by atoms with Crippen LogP contribution in [0.5, 0.6) is 0 Å². The van der Waals surface area contributed by atoms with Gasteiger partial charge in [-0.15, -0.1) is 0 Å². The Kier molecular flexibility index (Phi) is 2.33. The van der Waals surface area contributed by atoms with Gasteiger partial charge in [-0.2, -0.15) is 10.9 Å². The molecule has 14 heavy (non-hydrogen) atoms. The van der Waals surface area contributed by atoms with E-state index < -0.39 is 19.9 Å². The predicted octanol–water partition coefficient (Wildman–Crippen LogP) is 2.28. The molecule has 1 aromatic rings. The minimum Gasteiger partial charge on any atom is -0.250 e. The lowest BCUT2D eigenvalue weighted by Crippen LogP contribution is -1.90. The van der Waals surface area contributed by atoms with Gasteiger partial charge in [-0.1, -0.05) is 0 Å². The number of benzene rings is 1. The molecule has 1 atom stereocenters. The first kappa shape index (κ1) is 10.0. The van der Waals surface area contributed by atoms with E-state index in [9.17, 15) is 8.42 Å². The number of hydrogen-bond donors (Lipinski definition) is 1. The highest BCUT2D eigenvalue weighted by Crippen LogP contribution is 2.44. The van der Waals surface area contributed by atoms with Gasteiger partial charge in [-0.3, -0.25) is 4.99 Å². The van der Waals surface area contributed by atoms with Crippen LogP contribution in [-0.4, -0.2) is 20.2 Å². The van der Waals surface area contributed by atoms with Crippen molar-refractivity contribution in [2.75, 3.05) is 6.26 Å². The molecule has 0 bridgehead atoms. The van der Waals surface area contributed by atoms with E-state index in [1.165, 1.54) is 6.07 Å². The van der Waals surface area contributed by atoms with Gasteiger partial charge < -0.3 is 0 Å². The topological polar surface area (TPSA) is 46.5 Å². The Hall–Kier alpha value is -0.520. The molecule has 0 radical (unpaired) electrons. The standard InChI is InChI=1S/C8H8ClNO2S2/c1-13-5-10-7-3-2-6(4-8(7)13)14(9,11)12/h2-5,13H,1H3. The van der Waals surface area contributed by atoms with Crippen LogP contribution in [-0.2, 0) is 9.05 Å². The van der Waals surface area contributed by atoms with Gasteiger partial charge in [0.05, 0.1) is 10.6 Å². The van der Waals surface area contributed by atoms with Crippen molar-refractivity contribution in [1.29, 1.82) is 0 Å². The highest BCUT2D eigenvalue weighted by Gasteiger charge is 2.16. The molecule has 1 unspecified atom stereocenters. The normalized spacial score (nSPS) is 22.3. The molecule has 3 nitrogen and oxygen atoms in total. The third-order valence-electron chi connectivity index (χ3n) is 1.98. The summed E-state index contributed by atoms with van der Waals surface area (Å²) in [5, 5.41) is 0. The van der Waals surface area contributed by atoms with E-state index in [2.05, 4.69) is 4.99 Å². The fraction of sp³-hybridized carbons (Fsp3) is 0.125. The van der Waals surface area contributed by atoms with Crippen LogP contribution in [0.1, 0.15) is 0 Å². The summed E-state index contributed by atoms with van der Waals surface area (Å²) in [6, 6.07) is 4.77. The number of hydrogen-bond acceptors (Lipinski definition) is 3. The van der Waals surface area contributed by atoms with Crippen molar-refractivity contribution in [3.63, 3.8) is 0 Å². The van der Waals surface area contributed by atoms with Crippen molar-refractivity contribution in [2.45, 2.75) is 9.79 Å². The molecule has 1 heterocycles. The van der Waals surface area contributed by atoms with Gasteiger partial charge in [0.2, 0.25) is 0 Å². The van der Waals surface area contributed by atoms with Crippen LogP contribution in [0, 0.1) is 0 Å². The Balaban J connectivity index is 2.59. The molecule has 0 N–H and O–H groups in total. The van der Waals surface area contributed by atoms with Crippen molar-refractivity contribution in [3.05, 3.63) is 18.2 Å². The Morgan fingerprint density at radius 3 is 2.79 bits per heavy atom. The van der Waals surface area contributed by atoms with Crippen LogP contribution in [0.15, 0.2) is 33.0 Å². The highest BCUT2D eigenvalue weighted by molar-refractivity contribution is 8.28. The molecular formula is C8H8ClNO2S2. The SMILES string of the molecule is C[SH]1C=Nc2ccc(S(=O)(=O)Cl)cc21. The van der Waals surface area contributed by atoms with Crippen molar-refractivity contribution in [1.82, 2.24) is 0 Å². The van der Waals surface area contributed by atoms with Crippen LogP contribution in [0.3, 0.4) is 0 Å². The van der Waals surface area contributed by atoms with Crippen LogP contribution < -0.4 is 0 Å². The first-order chi connectivity index (χ1) is 6.48. The second-order valence-electron chi connectivity index (χ2n) is 2.94. The number of nitrogens with zero attached hydrogens (tertiary/aromatic N) is 1. The van der Waals surface area contributed by atoms with Crippen LogP contribution in [0.4, 0.5) is 5.69 Å². The molecule has 0 aromatic heterocycles. The monoisotopic (exact) mass is 249 g/mol. The molecule has 2 rings (SSSR count). The number of halogens is 1. The number of thiol groups is 1. The maximum absolute atomic E-state index is 11.1. The van der Waals surface area contributed by atoms with E-state index >= 15 is 0 Å². The molecule has 76 valence electrons. The average molecular weight is 250 g/mol. The largest absolute Gasteiger partial charge is 0.261 e. The zero-order valence-corrected chi connectivity index (χ0v) is 9.77. The van der Waals surface area contributed by atoms with E-state index in [4.69, 9.17) is 10.7 Å². The third-order valence-corrected chi connectivity index (χ3v) is 4.91. The van der Waals surface area contributed by atoms with Gasteiger partial charge in [-0.05, 0) is 24.5 Å². The van der Waals surface area contributed by atoms with Crippen LogP contribution in [0.2, 0.25) is 0 Å². The van der Waals surface area contributed by atoms with Gasteiger partial charge >= 0.3 is 0 Å². The second-order valence-corrected chi connectivity index (χ2v) is 7.44. The van der Waals surface area contributed by atoms with Gasteiger partial charge in [-0.25, -0.2) is 8.42 Å². The van der Waals surface area contributed by atoms with Gasteiger partial charge in [0.25, 0.3) is 9.05 Å². The molecule has 1 aromatic carbocycles. The minimum absolute atomic E-state index is 0.151. The fourth-order valence-electron chi connectivity index (χ4n) is 1.26. The van der Waals surface area contributed by atoms with Crippen molar-refractivity contribution in [2.24, 2.45) is 4.99 Å². The first-order valence-electron chi connectivity index (χ1n) is 3.84. The van der Waals surface area contributed by atoms with E-state index in [1.54, 1.807) is 12.1 Å². The lowest BCUT2D eigenvalue weighted by molar-refractivity contribution is 0.609. The molecule has 0 aliphatic carbocycles. The summed E-state index contributed by atoms with van der Waals surface area (Å²) < 4.78 is 22.1. The smallest absolute Gasteiger partial charge is 0.250 e. The van der Waals surface area contributed by atoms with E-state index in [1.807, 2.05) is 11.8 Å². The fourth-order valence-corrected chi connectivity index (χ4v) is 3.38. The molecule has 1 aliphatic rings. The van der Waals surface area contributed by atoms with E-state index in [-0.39, 0.29) is 4.90 Å². The third kappa shape index (κ3) is 1.67. The first-order valence-corrected chi connectivity index (χ1v) is 8.01. The summed E-state index contributed by atoms with van der Waals surface area (Å²) in [5.41, 5.74) is 2.70. The van der Waals surface area contributed by atoms with Crippen molar-refractivity contribution >= 4 is 41.9 Å². The lowest BCUT2D eigenvalue weighted by atomic mass is 10.3. The molecule has 0 saturated heterocycles. The number of fused-ring (bicyclic) bond motifs is 1. The van der Waals surface area contributed by atoms with E-state index in [0.717, 1.165) is 10.6 Å². The summed E-state index contributed by atoms with van der Waals surface area (Å²) in [4.78, 5) is 5.29. The molecule has 1 aliphatic heterocycles. The van der Waals surface area contributed by atoms with Crippen LogP contribution in [0.25, 0.3) is 0 Å². The number of rotatable bonds is 1. The molecule has 0 spiro atoms. The Labute approximate surface area is 89.6 Å². The predicted molar refractivity (Wildman–Crippen MR) is 60.8 cm³/mol. The van der Waals surface area contributed by atoms with Crippen LogP contribution >= 0.6 is 21.6 Å². The molecule has 6 heteroatoms. The van der Waals surface area contributed by atoms with Crippen molar-refractivity contribution < 1.29 is 8.42 Å². The Morgan fingerprint density at radius 1 is 1.43 bits per heavy atom. The molecule has 0 saturated carbocycles. The molecule has 0 fully saturated rings. The summed E-state index contributed by atoms with van der Waals surface area (Å²) in [5.74, 6) is 0. The van der Waals surface area contributed by atoms with Gasteiger partial charge in [0.15, 0.2) is 0 Å². The Bertz CT molecular complexity index is 510. The Morgan fingerprint density at radius 2 is 2.14 bits per heavy atom. The summed E-state index contributed by atoms with van der Waals surface area (Å²) in [6.07, 6.45) is 2.02. The highest BCUT2D eigenvalue weighted by atomic mass is 35.7.